The molecule has 0 aromatic carbocycles. The monoisotopic (exact) mass is 147 g/mol. The molecule has 0 aromatic rings. The summed E-state index contributed by atoms with van der Waals surface area (Å²) in [6.45, 7) is 4.90. The van der Waals surface area contributed by atoms with Gasteiger partial charge in [0, 0.05) is 20.0 Å². The molecule has 0 amide bonds. The van der Waals surface area contributed by atoms with E-state index in [9.17, 15) is 5.26 Å². The Bertz CT molecular complexity index is 93.0. The van der Waals surface area contributed by atoms with Gasteiger partial charge in [0.05, 0.1) is 13.2 Å². The fraction of sp³-hybridized carbons (Fsp3) is 1.00. The smallest absolute Gasteiger partial charge is 0.216 e. The normalized spacial score (nSPS) is 24.6. The van der Waals surface area contributed by atoms with Crippen LogP contribution in [0.3, 0.4) is 0 Å². The molecule has 0 bridgehead atoms. The summed E-state index contributed by atoms with van der Waals surface area (Å²) >= 11 is 0. The number of aliphatic hydroxyl groups is 1. The van der Waals surface area contributed by atoms with Crippen molar-refractivity contribution in [1.82, 2.24) is 4.90 Å². The van der Waals surface area contributed by atoms with Crippen LogP contribution in [0.2, 0.25) is 0 Å². The average Bonchev–Trinajstić information content (AvgIpc) is 2.05. The van der Waals surface area contributed by atoms with Gasteiger partial charge in [-0.25, -0.2) is 4.90 Å². The lowest BCUT2D eigenvalue weighted by Gasteiger charge is -2.29. The molecule has 1 atom stereocenters. The number of ether oxygens (including phenoxy) is 1. The van der Waals surface area contributed by atoms with E-state index in [1.807, 2.05) is 4.90 Å². The largest absolute Gasteiger partial charge is 0.534 e. The molecule has 60 valence electrons. The molecular weight excluding hydrogens is 134 g/mol. The zero-order chi connectivity index (χ0) is 7.40. The second-order valence-electron chi connectivity index (χ2n) is 2.39. The Morgan fingerprint density at radius 3 is 2.60 bits per heavy atom. The first-order chi connectivity index (χ1) is 4.84. The van der Waals surface area contributed by atoms with Crippen molar-refractivity contribution in [1.29, 1.82) is 0 Å². The molecule has 1 aliphatic heterocycles. The summed E-state index contributed by atoms with van der Waals surface area (Å²) in [6, 6.07) is 0. The third-order valence-corrected chi connectivity index (χ3v) is 1.73. The molecular formula is C6H13NO3. The van der Waals surface area contributed by atoms with Gasteiger partial charge < -0.3 is 14.9 Å². The maximum atomic E-state index is 10.1. The first kappa shape index (κ1) is 7.94. The Morgan fingerprint density at radius 2 is 2.10 bits per heavy atom. The highest BCUT2D eigenvalue weighted by Gasteiger charge is 2.18. The standard InChI is InChI=1S/C6H13NO3/c1-6(10-8)7-2-4-9-5-3-7/h6,10H,2-5H2,1H3. The molecule has 1 aliphatic rings. The molecule has 1 rings (SSSR count). The van der Waals surface area contributed by atoms with E-state index in [4.69, 9.17) is 4.74 Å². The highest BCUT2D eigenvalue weighted by Crippen LogP contribution is 2.00. The Hall–Kier alpha value is -0.160. The van der Waals surface area contributed by atoms with Crippen LogP contribution < -0.4 is 5.26 Å². The molecule has 0 aromatic heterocycles. The fourth-order valence-electron chi connectivity index (χ4n) is 1.02. The van der Waals surface area contributed by atoms with E-state index in [0.717, 1.165) is 26.3 Å². The highest BCUT2D eigenvalue weighted by molar-refractivity contribution is 4.61. The van der Waals surface area contributed by atoms with E-state index in [1.165, 1.54) is 0 Å². The van der Waals surface area contributed by atoms with E-state index >= 15 is 0 Å². The van der Waals surface area contributed by atoms with Gasteiger partial charge in [-0.05, 0) is 0 Å². The summed E-state index contributed by atoms with van der Waals surface area (Å²) in [7, 11) is 0. The molecule has 4 heteroatoms. The van der Waals surface area contributed by atoms with Gasteiger partial charge in [0.2, 0.25) is 6.23 Å². The maximum absolute atomic E-state index is 10.1. The van der Waals surface area contributed by atoms with E-state index in [2.05, 4.69) is 4.89 Å². The quantitative estimate of drug-likeness (QED) is 0.270. The van der Waals surface area contributed by atoms with Gasteiger partial charge in [0.15, 0.2) is 0 Å². The molecule has 0 aliphatic carbocycles. The first-order valence-corrected chi connectivity index (χ1v) is 3.49. The first-order valence-electron chi connectivity index (χ1n) is 3.49. The second-order valence-corrected chi connectivity index (χ2v) is 2.39. The SMILES string of the molecule is CC([OH+][O-])N1CCOCC1. The van der Waals surface area contributed by atoms with E-state index in [0.29, 0.717) is 0 Å². The summed E-state index contributed by atoms with van der Waals surface area (Å²) in [5.41, 5.74) is 0. The van der Waals surface area contributed by atoms with Gasteiger partial charge in [0.1, 0.15) is 0 Å². The van der Waals surface area contributed by atoms with Crippen molar-refractivity contribution in [3.05, 3.63) is 0 Å². The van der Waals surface area contributed by atoms with Crippen LogP contribution >= 0.6 is 0 Å². The van der Waals surface area contributed by atoms with Gasteiger partial charge in [-0.1, -0.05) is 0 Å². The highest BCUT2D eigenvalue weighted by atomic mass is 17.1. The average molecular weight is 147 g/mol. The molecule has 1 fully saturated rings. The minimum absolute atomic E-state index is 0.191. The zero-order valence-electron chi connectivity index (χ0n) is 6.12. The molecule has 0 radical (unpaired) electrons. The zero-order valence-corrected chi connectivity index (χ0v) is 6.12. The fourth-order valence-corrected chi connectivity index (χ4v) is 1.02. The number of hydrogen-bond donors (Lipinski definition) is 0. The Kier molecular flexibility index (Phi) is 3.08. The number of nitrogens with zero attached hydrogens (tertiary/aromatic N) is 1. The third-order valence-electron chi connectivity index (χ3n) is 1.73. The molecule has 1 unspecified atom stereocenters. The minimum atomic E-state index is -0.191. The van der Waals surface area contributed by atoms with Crippen LogP contribution in [0.15, 0.2) is 0 Å². The van der Waals surface area contributed by atoms with Crippen molar-refractivity contribution >= 4 is 0 Å². The molecule has 4 nitrogen and oxygen atoms in total. The van der Waals surface area contributed by atoms with Gasteiger partial charge >= 0.3 is 0 Å². The van der Waals surface area contributed by atoms with Crippen LogP contribution in [-0.2, 0) is 4.74 Å². The van der Waals surface area contributed by atoms with Crippen molar-refractivity contribution in [3.8, 4) is 0 Å². The van der Waals surface area contributed by atoms with E-state index < -0.39 is 0 Å². The van der Waals surface area contributed by atoms with Gasteiger partial charge in [-0.3, -0.25) is 0 Å². The van der Waals surface area contributed by atoms with Crippen LogP contribution in [0.25, 0.3) is 0 Å². The molecule has 1 heterocycles. The summed E-state index contributed by atoms with van der Waals surface area (Å²) in [4.78, 5) is 4.94. The summed E-state index contributed by atoms with van der Waals surface area (Å²) in [5, 5.41) is 10.1. The molecule has 0 saturated carbocycles. The van der Waals surface area contributed by atoms with Crippen molar-refractivity contribution in [2.45, 2.75) is 13.2 Å². The summed E-state index contributed by atoms with van der Waals surface area (Å²) in [6.07, 6.45) is -0.191. The van der Waals surface area contributed by atoms with Crippen LogP contribution in [0.1, 0.15) is 6.92 Å². The van der Waals surface area contributed by atoms with Crippen LogP contribution in [0.5, 0.6) is 0 Å². The van der Waals surface area contributed by atoms with Crippen molar-refractivity contribution in [2.24, 2.45) is 0 Å². The topological polar surface area (TPSA) is 48.3 Å². The van der Waals surface area contributed by atoms with E-state index in [1.54, 1.807) is 6.92 Å². The number of morpholine rings is 1. The number of hydrogen-bond acceptors (Lipinski definition) is 3. The third kappa shape index (κ3) is 1.91. The second kappa shape index (κ2) is 3.88. The lowest BCUT2D eigenvalue weighted by molar-refractivity contribution is -0.797. The van der Waals surface area contributed by atoms with Crippen molar-refractivity contribution < 1.29 is 14.9 Å². The minimum Gasteiger partial charge on any atom is -0.534 e. The van der Waals surface area contributed by atoms with Crippen molar-refractivity contribution in [2.75, 3.05) is 26.3 Å². The predicted octanol–water partition coefficient (Wildman–Crippen LogP) is -1.53. The summed E-state index contributed by atoms with van der Waals surface area (Å²) < 4.78 is 5.11. The van der Waals surface area contributed by atoms with Crippen molar-refractivity contribution in [3.63, 3.8) is 0 Å². The number of rotatable bonds is 2. The van der Waals surface area contributed by atoms with E-state index in [-0.39, 0.29) is 6.23 Å². The van der Waals surface area contributed by atoms with Gasteiger partial charge in [-0.15, -0.1) is 0 Å². The Balaban J connectivity index is 2.24. The van der Waals surface area contributed by atoms with Gasteiger partial charge in [0.25, 0.3) is 0 Å². The molecule has 10 heavy (non-hydrogen) atoms. The maximum Gasteiger partial charge on any atom is 0.216 e. The molecule has 1 saturated heterocycles. The van der Waals surface area contributed by atoms with Crippen LogP contribution in [-0.4, -0.2) is 42.3 Å². The molecule has 1 N–H and O–H groups in total. The summed E-state index contributed by atoms with van der Waals surface area (Å²) in [5.74, 6) is 0. The van der Waals surface area contributed by atoms with Gasteiger partial charge in [-0.2, -0.15) is 0 Å². The van der Waals surface area contributed by atoms with Crippen LogP contribution in [0.4, 0.5) is 0 Å². The predicted molar refractivity (Wildman–Crippen MR) is 34.1 cm³/mol. The molecule has 0 spiro atoms. The van der Waals surface area contributed by atoms with Crippen LogP contribution in [0, 0.1) is 0 Å². The Morgan fingerprint density at radius 1 is 1.50 bits per heavy atom. The Labute approximate surface area is 60.3 Å². The lowest BCUT2D eigenvalue weighted by atomic mass is 10.4. The lowest BCUT2D eigenvalue weighted by Crippen LogP contribution is -2.46.